The first kappa shape index (κ1) is 20.4. The Morgan fingerprint density at radius 3 is 2.17 bits per heavy atom. The molecular formula is C17H31N3O4. The molecule has 7 heteroatoms. The van der Waals surface area contributed by atoms with E-state index in [0.717, 1.165) is 0 Å². The zero-order valence-corrected chi connectivity index (χ0v) is 15.6. The summed E-state index contributed by atoms with van der Waals surface area (Å²) in [6.45, 7) is 8.07. The number of carboxylic acids is 1. The number of carbonyl (C=O) groups is 3. The summed E-state index contributed by atoms with van der Waals surface area (Å²) >= 11 is 0. The van der Waals surface area contributed by atoms with Gasteiger partial charge in [0.05, 0.1) is 6.04 Å². The molecule has 0 spiro atoms. The van der Waals surface area contributed by atoms with Gasteiger partial charge in [0, 0.05) is 13.6 Å². The average molecular weight is 341 g/mol. The molecule has 1 rings (SSSR count). The Kier molecular flexibility index (Phi) is 7.20. The zero-order chi connectivity index (χ0) is 18.6. The lowest BCUT2D eigenvalue weighted by Gasteiger charge is -2.36. The fraction of sp³-hybridized carbons (Fsp3) is 0.824. The van der Waals surface area contributed by atoms with E-state index in [4.69, 9.17) is 0 Å². The van der Waals surface area contributed by atoms with Gasteiger partial charge in [-0.25, -0.2) is 4.79 Å². The van der Waals surface area contributed by atoms with Gasteiger partial charge >= 0.3 is 5.97 Å². The highest BCUT2D eigenvalue weighted by atomic mass is 16.4. The molecule has 1 saturated heterocycles. The van der Waals surface area contributed by atoms with E-state index in [2.05, 4.69) is 5.32 Å². The van der Waals surface area contributed by atoms with Gasteiger partial charge in [0.15, 0.2) is 0 Å². The molecule has 3 atom stereocenters. The predicted molar refractivity (Wildman–Crippen MR) is 91.5 cm³/mol. The standard InChI is InChI=1S/C17H31N3O4/c1-10(2)13(18-5)15(21)19(6)14(11(3)4)16(22)20-9-7-8-12(20)17(23)24/h10-14,18H,7-9H2,1-6H3,(H,23,24). The lowest BCUT2D eigenvalue weighted by molar-refractivity contribution is -0.154. The van der Waals surface area contributed by atoms with Crippen LogP contribution in [0.1, 0.15) is 40.5 Å². The van der Waals surface area contributed by atoms with E-state index in [1.165, 1.54) is 9.80 Å². The Labute approximate surface area is 144 Å². The van der Waals surface area contributed by atoms with Crippen LogP contribution in [0.2, 0.25) is 0 Å². The van der Waals surface area contributed by atoms with Crippen LogP contribution >= 0.6 is 0 Å². The quantitative estimate of drug-likeness (QED) is 0.714. The predicted octanol–water partition coefficient (Wildman–Crippen LogP) is 0.789. The van der Waals surface area contributed by atoms with Crippen LogP contribution in [0, 0.1) is 11.8 Å². The molecule has 138 valence electrons. The molecule has 1 aliphatic rings. The number of nitrogens with one attached hydrogen (secondary N) is 1. The second kappa shape index (κ2) is 8.46. The summed E-state index contributed by atoms with van der Waals surface area (Å²) in [6, 6.07) is -1.82. The summed E-state index contributed by atoms with van der Waals surface area (Å²) in [7, 11) is 3.35. The molecule has 2 amide bonds. The first-order valence-corrected chi connectivity index (χ1v) is 8.60. The average Bonchev–Trinajstić information content (AvgIpc) is 2.96. The SMILES string of the molecule is CNC(C(=O)N(C)C(C(=O)N1CCCC1C(=O)O)C(C)C)C(C)C. The number of hydrogen-bond donors (Lipinski definition) is 2. The maximum Gasteiger partial charge on any atom is 0.326 e. The van der Waals surface area contributed by atoms with Crippen LogP contribution in [-0.2, 0) is 14.4 Å². The molecule has 0 saturated carbocycles. The number of hydrogen-bond acceptors (Lipinski definition) is 4. The van der Waals surface area contributed by atoms with Crippen molar-refractivity contribution >= 4 is 17.8 Å². The van der Waals surface area contributed by atoms with Crippen LogP contribution in [0.15, 0.2) is 0 Å². The third-order valence-electron chi connectivity index (χ3n) is 4.71. The number of nitrogens with zero attached hydrogens (tertiary/aromatic N) is 2. The summed E-state index contributed by atoms with van der Waals surface area (Å²) in [5, 5.41) is 12.3. The first-order chi connectivity index (χ1) is 11.1. The highest BCUT2D eigenvalue weighted by Gasteiger charge is 2.41. The summed E-state index contributed by atoms with van der Waals surface area (Å²) in [5.41, 5.74) is 0. The Hall–Kier alpha value is -1.63. The van der Waals surface area contributed by atoms with Gasteiger partial charge < -0.3 is 20.2 Å². The molecule has 2 N–H and O–H groups in total. The van der Waals surface area contributed by atoms with Crippen molar-refractivity contribution in [2.45, 2.75) is 58.7 Å². The van der Waals surface area contributed by atoms with E-state index in [1.54, 1.807) is 14.1 Å². The van der Waals surface area contributed by atoms with Crippen molar-refractivity contribution in [3.8, 4) is 0 Å². The fourth-order valence-electron chi connectivity index (χ4n) is 3.45. The summed E-state index contributed by atoms with van der Waals surface area (Å²) in [5.74, 6) is -1.42. The van der Waals surface area contributed by atoms with Crippen molar-refractivity contribution in [2.75, 3.05) is 20.6 Å². The van der Waals surface area contributed by atoms with Gasteiger partial charge in [0.2, 0.25) is 11.8 Å². The van der Waals surface area contributed by atoms with Crippen LogP contribution in [0.4, 0.5) is 0 Å². The lowest BCUT2D eigenvalue weighted by atomic mass is 9.97. The molecule has 0 aromatic rings. The number of aliphatic carboxylic acids is 1. The maximum atomic E-state index is 13.0. The van der Waals surface area contributed by atoms with Crippen molar-refractivity contribution in [3.63, 3.8) is 0 Å². The summed E-state index contributed by atoms with van der Waals surface area (Å²) < 4.78 is 0. The highest BCUT2D eigenvalue weighted by Crippen LogP contribution is 2.23. The molecule has 1 heterocycles. The molecule has 0 aliphatic carbocycles. The minimum Gasteiger partial charge on any atom is -0.480 e. The van der Waals surface area contributed by atoms with Gasteiger partial charge in [-0.3, -0.25) is 9.59 Å². The zero-order valence-electron chi connectivity index (χ0n) is 15.6. The molecule has 0 radical (unpaired) electrons. The Morgan fingerprint density at radius 1 is 1.17 bits per heavy atom. The first-order valence-electron chi connectivity index (χ1n) is 8.60. The molecule has 0 aromatic carbocycles. The van der Waals surface area contributed by atoms with Crippen molar-refractivity contribution in [1.82, 2.24) is 15.1 Å². The third-order valence-corrected chi connectivity index (χ3v) is 4.71. The number of rotatable bonds is 7. The van der Waals surface area contributed by atoms with Crippen molar-refractivity contribution in [2.24, 2.45) is 11.8 Å². The third kappa shape index (κ3) is 4.26. The molecule has 0 bridgehead atoms. The second-order valence-electron chi connectivity index (χ2n) is 7.18. The highest BCUT2D eigenvalue weighted by molar-refractivity contribution is 5.92. The van der Waals surface area contributed by atoms with Gasteiger partial charge in [-0.05, 0) is 31.7 Å². The van der Waals surface area contributed by atoms with E-state index >= 15 is 0 Å². The molecular weight excluding hydrogens is 310 g/mol. The van der Waals surface area contributed by atoms with E-state index in [-0.39, 0.29) is 29.7 Å². The fourth-order valence-corrected chi connectivity index (χ4v) is 3.45. The largest absolute Gasteiger partial charge is 0.480 e. The van der Waals surface area contributed by atoms with Gasteiger partial charge in [0.1, 0.15) is 12.1 Å². The second-order valence-corrected chi connectivity index (χ2v) is 7.18. The molecule has 1 fully saturated rings. The van der Waals surface area contributed by atoms with Crippen molar-refractivity contribution < 1.29 is 19.5 Å². The maximum absolute atomic E-state index is 13.0. The van der Waals surface area contributed by atoms with Crippen molar-refractivity contribution in [1.29, 1.82) is 0 Å². The summed E-state index contributed by atoms with van der Waals surface area (Å²) in [6.07, 6.45) is 1.14. The van der Waals surface area contributed by atoms with Crippen LogP contribution < -0.4 is 5.32 Å². The van der Waals surface area contributed by atoms with Gasteiger partial charge in [-0.2, -0.15) is 0 Å². The molecule has 1 aliphatic heterocycles. The Morgan fingerprint density at radius 2 is 1.75 bits per heavy atom. The van der Waals surface area contributed by atoms with Gasteiger partial charge in [0.25, 0.3) is 0 Å². The monoisotopic (exact) mass is 341 g/mol. The van der Waals surface area contributed by atoms with E-state index in [1.807, 2.05) is 27.7 Å². The van der Waals surface area contributed by atoms with Crippen molar-refractivity contribution in [3.05, 3.63) is 0 Å². The number of likely N-dealkylation sites (N-methyl/N-ethyl adjacent to an activating group) is 2. The number of carboxylic acid groups (broad SMARTS) is 1. The smallest absolute Gasteiger partial charge is 0.326 e. The molecule has 24 heavy (non-hydrogen) atoms. The van der Waals surface area contributed by atoms with E-state index < -0.39 is 18.1 Å². The number of likely N-dealkylation sites (tertiary alicyclic amines) is 1. The van der Waals surface area contributed by atoms with E-state index in [9.17, 15) is 19.5 Å². The number of carbonyl (C=O) groups excluding carboxylic acids is 2. The topological polar surface area (TPSA) is 90.0 Å². The van der Waals surface area contributed by atoms with Crippen LogP contribution in [0.5, 0.6) is 0 Å². The van der Waals surface area contributed by atoms with Gasteiger partial charge in [-0.1, -0.05) is 27.7 Å². The Balaban J connectivity index is 3.03. The molecule has 0 aromatic heterocycles. The molecule has 7 nitrogen and oxygen atoms in total. The van der Waals surface area contributed by atoms with Gasteiger partial charge in [-0.15, -0.1) is 0 Å². The number of amides is 2. The minimum absolute atomic E-state index is 0.0893. The normalized spacial score (nSPS) is 20.3. The summed E-state index contributed by atoms with van der Waals surface area (Å²) in [4.78, 5) is 40.0. The Bertz CT molecular complexity index is 478. The van der Waals surface area contributed by atoms with Crippen LogP contribution in [-0.4, -0.2) is 71.5 Å². The van der Waals surface area contributed by atoms with Crippen LogP contribution in [0.25, 0.3) is 0 Å². The van der Waals surface area contributed by atoms with Crippen LogP contribution in [0.3, 0.4) is 0 Å². The van der Waals surface area contributed by atoms with E-state index in [0.29, 0.717) is 19.4 Å². The minimum atomic E-state index is -0.979. The molecule has 3 unspecified atom stereocenters. The lowest BCUT2D eigenvalue weighted by Crippen LogP contribution is -2.58.